The number of amides is 4. The summed E-state index contributed by atoms with van der Waals surface area (Å²) in [5.74, 6) is -3.02. The molecule has 15 heteroatoms. The highest BCUT2D eigenvalue weighted by Gasteiger charge is 2.63. The molecule has 1 aromatic heterocycles. The Morgan fingerprint density at radius 1 is 1.16 bits per heavy atom. The van der Waals surface area contributed by atoms with Crippen molar-refractivity contribution in [2.24, 2.45) is 17.8 Å². The number of hydrogen-bond acceptors (Lipinski definition) is 9. The number of allylic oxidation sites excluding steroid dienone is 1. The molecule has 7 atom stereocenters. The third-order valence-corrected chi connectivity index (χ3v) is 12.8. The molecule has 0 radical (unpaired) electrons. The number of ether oxygens (including phenoxy) is 2. The standard InChI is InChI=1S/C35H45N5O9S/c1-20-9-5-6-10-22-17-35(22,32(43)39-50(46,47)34(3)13-14-34)38-29(41)26-16-23(19-40(26)31(42)28(21(2)15-20)37-33(44)45)49-30-25-12-8-7-11-24(25)27(48-4)18-36-30/h6-8,10-12,18,20-23,26,28,37H,5,9,13-17,19H2,1-4H3,(H,38,41)(H,39,43)(H,44,45)/b10-6-/t20-,21+,22+,23+,26-,28-,35+/m0/s1/i4D3. The molecule has 6 rings (SSSR count). The molecule has 0 unspecified atom stereocenters. The number of methoxy groups -OCH3 is 1. The molecule has 1 aromatic carbocycles. The van der Waals surface area contributed by atoms with E-state index in [9.17, 15) is 32.7 Å². The first-order chi connectivity index (χ1) is 24.8. The number of rotatable bonds is 7. The molecule has 1 saturated heterocycles. The van der Waals surface area contributed by atoms with E-state index in [0.717, 1.165) is 0 Å². The van der Waals surface area contributed by atoms with Crippen LogP contribution >= 0.6 is 0 Å². The lowest BCUT2D eigenvalue weighted by atomic mass is 9.88. The number of sulfonamides is 1. The summed E-state index contributed by atoms with van der Waals surface area (Å²) in [6.45, 7) is 5.17. The van der Waals surface area contributed by atoms with Gasteiger partial charge in [-0.15, -0.1) is 0 Å². The summed E-state index contributed by atoms with van der Waals surface area (Å²) in [5, 5.41) is 15.7. The molecule has 2 aliphatic carbocycles. The van der Waals surface area contributed by atoms with Crippen LogP contribution in [0.25, 0.3) is 10.8 Å². The Labute approximate surface area is 295 Å². The molecule has 2 aromatic rings. The Morgan fingerprint density at radius 3 is 2.60 bits per heavy atom. The number of carbonyl (C=O) groups excluding carboxylic acids is 3. The number of carboxylic acid groups (broad SMARTS) is 1. The van der Waals surface area contributed by atoms with Crippen LogP contribution in [0.3, 0.4) is 0 Å². The molecule has 14 nitrogen and oxygen atoms in total. The van der Waals surface area contributed by atoms with E-state index >= 15 is 0 Å². The highest BCUT2D eigenvalue weighted by atomic mass is 32.2. The molecule has 4 N–H and O–H groups in total. The number of nitrogens with zero attached hydrogens (tertiary/aromatic N) is 2. The van der Waals surface area contributed by atoms with E-state index in [1.807, 2.05) is 19.1 Å². The highest BCUT2D eigenvalue weighted by Crippen LogP contribution is 2.47. The van der Waals surface area contributed by atoms with E-state index in [0.29, 0.717) is 42.9 Å². The SMILES string of the molecule is [2H]C([2H])([2H])Oc1cnc(O[C@@H]2C[C@H]3C(=O)N[C@]4(C(=O)NS(=O)(=O)C5(C)CC5)C[C@H]4/C=C\CC[C@H](C)C[C@@H](C)[C@H](NC(=O)O)C(=O)N3C2)c2ccccc12. The van der Waals surface area contributed by atoms with Gasteiger partial charge in [-0.3, -0.25) is 19.1 Å². The quantitative estimate of drug-likeness (QED) is 0.310. The van der Waals surface area contributed by atoms with Gasteiger partial charge in [0.05, 0.1) is 28.6 Å². The van der Waals surface area contributed by atoms with Crippen LogP contribution in [0.2, 0.25) is 0 Å². The predicted octanol–water partition coefficient (Wildman–Crippen LogP) is 3.11. The minimum Gasteiger partial charge on any atom is -0.494 e. The number of hydrogen-bond donors (Lipinski definition) is 4. The number of aromatic nitrogens is 1. The van der Waals surface area contributed by atoms with E-state index in [1.54, 1.807) is 38.1 Å². The monoisotopic (exact) mass is 714 g/mol. The van der Waals surface area contributed by atoms with Gasteiger partial charge in [0.2, 0.25) is 27.7 Å². The first-order valence-corrected chi connectivity index (χ1v) is 18.4. The van der Waals surface area contributed by atoms with Gasteiger partial charge in [-0.1, -0.05) is 44.2 Å². The number of fused-ring (bicyclic) bond motifs is 3. The summed E-state index contributed by atoms with van der Waals surface area (Å²) in [6, 6.07) is 4.23. The lowest BCUT2D eigenvalue weighted by molar-refractivity contribution is -0.142. The first-order valence-electron chi connectivity index (χ1n) is 18.4. The molecule has 0 spiro atoms. The molecule has 3 heterocycles. The van der Waals surface area contributed by atoms with Crippen molar-refractivity contribution in [2.75, 3.05) is 13.6 Å². The van der Waals surface area contributed by atoms with Gasteiger partial charge in [0.25, 0.3) is 5.91 Å². The fourth-order valence-corrected chi connectivity index (χ4v) is 8.52. The van der Waals surface area contributed by atoms with Gasteiger partial charge in [0.15, 0.2) is 0 Å². The van der Waals surface area contributed by atoms with Crippen LogP contribution < -0.4 is 24.8 Å². The summed E-state index contributed by atoms with van der Waals surface area (Å²) in [7, 11) is -6.77. The molecule has 3 fully saturated rings. The number of pyridine rings is 1. The topological polar surface area (TPSA) is 193 Å². The van der Waals surface area contributed by atoms with Gasteiger partial charge in [-0.05, 0) is 63.4 Å². The van der Waals surface area contributed by atoms with Crippen LogP contribution in [0.15, 0.2) is 42.6 Å². The van der Waals surface area contributed by atoms with Gasteiger partial charge in [0.1, 0.15) is 29.5 Å². The molecule has 4 amide bonds. The van der Waals surface area contributed by atoms with Gasteiger partial charge < -0.3 is 30.1 Å². The molecule has 0 bridgehead atoms. The molecular weight excluding hydrogens is 666 g/mol. The molecule has 270 valence electrons. The minimum atomic E-state index is -4.03. The fourth-order valence-electron chi connectivity index (χ4n) is 7.20. The number of nitrogens with one attached hydrogen (secondary N) is 3. The largest absolute Gasteiger partial charge is 0.494 e. The molecule has 4 aliphatic rings. The Kier molecular flexibility index (Phi) is 8.45. The zero-order chi connectivity index (χ0) is 38.5. The van der Waals surface area contributed by atoms with Crippen molar-refractivity contribution >= 4 is 44.6 Å². The molecular formula is C35H45N5O9S. The summed E-state index contributed by atoms with van der Waals surface area (Å²) in [4.78, 5) is 60.0. The van der Waals surface area contributed by atoms with E-state index in [1.165, 1.54) is 11.1 Å². The van der Waals surface area contributed by atoms with Gasteiger partial charge in [-0.25, -0.2) is 18.2 Å². The zero-order valence-corrected chi connectivity index (χ0v) is 29.0. The molecule has 2 aliphatic heterocycles. The summed E-state index contributed by atoms with van der Waals surface area (Å²) in [6.07, 6.45) is 5.37. The highest BCUT2D eigenvalue weighted by molar-refractivity contribution is 7.91. The van der Waals surface area contributed by atoms with Crippen molar-refractivity contribution in [2.45, 2.75) is 94.2 Å². The Bertz CT molecular complexity index is 1940. The molecule has 2 saturated carbocycles. The van der Waals surface area contributed by atoms with Crippen molar-refractivity contribution in [1.29, 1.82) is 0 Å². The zero-order valence-electron chi connectivity index (χ0n) is 31.2. The second-order valence-electron chi connectivity index (χ2n) is 14.5. The Hall–Kier alpha value is -4.40. The smallest absolute Gasteiger partial charge is 0.405 e. The average molecular weight is 715 g/mol. The fraction of sp³-hybridized carbons (Fsp3) is 0.571. The van der Waals surface area contributed by atoms with E-state index in [2.05, 4.69) is 20.3 Å². The normalized spacial score (nSPS) is 32.7. The van der Waals surface area contributed by atoms with Gasteiger partial charge >= 0.3 is 6.09 Å². The van der Waals surface area contributed by atoms with Crippen LogP contribution in [0.5, 0.6) is 11.6 Å². The third-order valence-electron chi connectivity index (χ3n) is 10.6. The maximum atomic E-state index is 14.4. The third kappa shape index (κ3) is 6.83. The van der Waals surface area contributed by atoms with E-state index in [-0.39, 0.29) is 36.9 Å². The second kappa shape index (κ2) is 13.4. The molecule has 50 heavy (non-hydrogen) atoms. The van der Waals surface area contributed by atoms with E-state index in [4.69, 9.17) is 13.6 Å². The van der Waals surface area contributed by atoms with Crippen LogP contribution in [0.4, 0.5) is 4.79 Å². The lowest BCUT2D eigenvalue weighted by Crippen LogP contribution is -2.59. The van der Waals surface area contributed by atoms with Gasteiger partial charge in [0, 0.05) is 23.1 Å². The first kappa shape index (κ1) is 31.6. The van der Waals surface area contributed by atoms with E-state index < -0.39 is 81.2 Å². The Balaban J connectivity index is 1.34. The second-order valence-corrected chi connectivity index (χ2v) is 16.7. The summed E-state index contributed by atoms with van der Waals surface area (Å²) >= 11 is 0. The maximum absolute atomic E-state index is 14.4. The van der Waals surface area contributed by atoms with Crippen molar-refractivity contribution in [3.63, 3.8) is 0 Å². The Morgan fingerprint density at radius 2 is 1.90 bits per heavy atom. The van der Waals surface area contributed by atoms with Crippen LogP contribution in [0.1, 0.15) is 69.8 Å². The average Bonchev–Trinajstić information content (AvgIpc) is 3.95. The van der Waals surface area contributed by atoms with Crippen LogP contribution in [-0.2, 0) is 24.4 Å². The predicted molar refractivity (Wildman–Crippen MR) is 183 cm³/mol. The van der Waals surface area contributed by atoms with Gasteiger partial charge in [-0.2, -0.15) is 0 Å². The van der Waals surface area contributed by atoms with Crippen molar-refractivity contribution in [1.82, 2.24) is 25.2 Å². The lowest BCUT2D eigenvalue weighted by Gasteiger charge is -2.32. The van der Waals surface area contributed by atoms with Crippen LogP contribution in [0, 0.1) is 17.8 Å². The van der Waals surface area contributed by atoms with Crippen LogP contribution in [-0.4, -0.2) is 89.3 Å². The van der Waals surface area contributed by atoms with Crippen molar-refractivity contribution in [3.8, 4) is 11.6 Å². The number of carbonyl (C=O) groups is 4. The summed E-state index contributed by atoms with van der Waals surface area (Å²) < 4.78 is 61.4. The maximum Gasteiger partial charge on any atom is 0.405 e. The van der Waals surface area contributed by atoms with Crippen molar-refractivity contribution < 1.29 is 46.3 Å². The van der Waals surface area contributed by atoms with Crippen molar-refractivity contribution in [3.05, 3.63) is 42.6 Å². The summed E-state index contributed by atoms with van der Waals surface area (Å²) in [5.41, 5.74) is -1.59. The minimum absolute atomic E-state index is 0.00157. The number of benzene rings is 1.